The molecular formula is C54H41N. The quantitative estimate of drug-likeness (QED) is 0.160. The first-order valence-corrected chi connectivity index (χ1v) is 19.4. The summed E-state index contributed by atoms with van der Waals surface area (Å²) < 4.78 is 0. The summed E-state index contributed by atoms with van der Waals surface area (Å²) in [5.41, 5.74) is 19.0. The van der Waals surface area contributed by atoms with E-state index in [0.29, 0.717) is 5.92 Å². The van der Waals surface area contributed by atoms with E-state index < -0.39 is 0 Å². The van der Waals surface area contributed by atoms with Crippen molar-refractivity contribution >= 4 is 38.6 Å². The van der Waals surface area contributed by atoms with Crippen LogP contribution in [0.2, 0.25) is 0 Å². The van der Waals surface area contributed by atoms with Gasteiger partial charge in [0, 0.05) is 16.9 Å². The number of aryl methyl sites for hydroxylation is 1. The highest BCUT2D eigenvalue weighted by Crippen LogP contribution is 2.60. The van der Waals surface area contributed by atoms with Crippen LogP contribution in [-0.4, -0.2) is 0 Å². The van der Waals surface area contributed by atoms with Crippen molar-refractivity contribution in [2.24, 2.45) is 0 Å². The lowest BCUT2D eigenvalue weighted by molar-refractivity contribution is 0.865. The summed E-state index contributed by atoms with van der Waals surface area (Å²) in [5, 5.41) is 5.05. The second-order valence-corrected chi connectivity index (χ2v) is 15.1. The average molecular weight is 704 g/mol. The number of anilines is 3. The van der Waals surface area contributed by atoms with Gasteiger partial charge in [-0.3, -0.25) is 0 Å². The normalized spacial score (nSPS) is 11.7. The molecule has 0 fully saturated rings. The Kier molecular flexibility index (Phi) is 7.96. The number of rotatable bonds is 7. The largest absolute Gasteiger partial charge is 0.310 e. The Balaban J connectivity index is 1.22. The van der Waals surface area contributed by atoms with Crippen LogP contribution in [0.4, 0.5) is 17.1 Å². The summed E-state index contributed by atoms with van der Waals surface area (Å²) in [6, 6.07) is 69.3. The van der Waals surface area contributed by atoms with Gasteiger partial charge in [-0.25, -0.2) is 0 Å². The molecule has 0 spiro atoms. The lowest BCUT2D eigenvalue weighted by atomic mass is 9.70. The molecular weight excluding hydrogens is 663 g/mol. The van der Waals surface area contributed by atoms with Crippen LogP contribution in [0.1, 0.15) is 30.9 Å². The second-order valence-electron chi connectivity index (χ2n) is 15.1. The summed E-state index contributed by atoms with van der Waals surface area (Å²) >= 11 is 0. The molecule has 9 aromatic rings. The molecule has 0 saturated heterocycles. The average Bonchev–Trinajstić information content (AvgIpc) is 3.24. The van der Waals surface area contributed by atoms with E-state index >= 15 is 0 Å². The van der Waals surface area contributed by atoms with Crippen LogP contribution in [-0.2, 0) is 0 Å². The van der Waals surface area contributed by atoms with Crippen LogP contribution in [0.5, 0.6) is 0 Å². The number of benzene rings is 9. The summed E-state index contributed by atoms with van der Waals surface area (Å²) in [6.07, 6.45) is 0. The van der Waals surface area contributed by atoms with Gasteiger partial charge in [0.15, 0.2) is 0 Å². The molecule has 10 rings (SSSR count). The van der Waals surface area contributed by atoms with Crippen molar-refractivity contribution in [1.82, 2.24) is 0 Å². The van der Waals surface area contributed by atoms with E-state index in [1.807, 2.05) is 0 Å². The molecule has 0 atom stereocenters. The van der Waals surface area contributed by atoms with Crippen LogP contribution in [0.15, 0.2) is 188 Å². The van der Waals surface area contributed by atoms with Gasteiger partial charge >= 0.3 is 0 Å². The monoisotopic (exact) mass is 703 g/mol. The molecule has 0 bridgehead atoms. The minimum Gasteiger partial charge on any atom is -0.310 e. The summed E-state index contributed by atoms with van der Waals surface area (Å²) in [4.78, 5) is 2.48. The Morgan fingerprint density at radius 1 is 0.382 bits per heavy atom. The number of fused-ring (bicyclic) bond motifs is 6. The van der Waals surface area contributed by atoms with Gasteiger partial charge in [-0.05, 0) is 132 Å². The number of nitrogens with zero attached hydrogens (tertiary/aromatic N) is 1. The first kappa shape index (κ1) is 32.9. The fourth-order valence-corrected chi connectivity index (χ4v) is 8.73. The zero-order valence-electron chi connectivity index (χ0n) is 31.4. The van der Waals surface area contributed by atoms with E-state index in [9.17, 15) is 0 Å². The van der Waals surface area contributed by atoms with Gasteiger partial charge in [0.2, 0.25) is 0 Å². The molecule has 0 heterocycles. The van der Waals surface area contributed by atoms with Gasteiger partial charge in [-0.15, -0.1) is 0 Å². The Hall–Kier alpha value is -6.70. The van der Waals surface area contributed by atoms with E-state index in [-0.39, 0.29) is 0 Å². The molecule has 1 aliphatic carbocycles. The van der Waals surface area contributed by atoms with Gasteiger partial charge < -0.3 is 4.90 Å². The van der Waals surface area contributed by atoms with Crippen molar-refractivity contribution < 1.29 is 0 Å². The SMILES string of the molecule is Cc1ccc(C(C)C)cc1N(c1ccc2cc3c(cc2c1)-c1c-3c(-c2ccccc2)c2ccccc2c1-c1ccccc1)c1ccccc1-c1ccccc1. The first-order chi connectivity index (χ1) is 27.0. The summed E-state index contributed by atoms with van der Waals surface area (Å²) in [7, 11) is 0. The van der Waals surface area contributed by atoms with Crippen LogP contribution in [0.3, 0.4) is 0 Å². The van der Waals surface area contributed by atoms with Crippen molar-refractivity contribution in [3.63, 3.8) is 0 Å². The molecule has 0 aliphatic heterocycles. The van der Waals surface area contributed by atoms with Gasteiger partial charge in [0.05, 0.1) is 5.69 Å². The standard InChI is InChI=1S/C54H41N/c1-35(2)40-28-27-36(3)50(34-40)55(49-26-16-15-23-44(49)37-17-7-4-8-18-37)43-30-29-41-32-47-48(33-42(41)31-43)54-52(39-21-11-6-12-22-39)46-25-14-13-24-45(46)51(53(47)54)38-19-9-5-10-20-38/h4-35H,1-3H3. The van der Waals surface area contributed by atoms with Crippen molar-refractivity contribution in [1.29, 1.82) is 0 Å². The fourth-order valence-electron chi connectivity index (χ4n) is 8.73. The number of hydrogen-bond acceptors (Lipinski definition) is 1. The van der Waals surface area contributed by atoms with E-state index in [4.69, 9.17) is 0 Å². The van der Waals surface area contributed by atoms with Crippen molar-refractivity contribution in [3.8, 4) is 55.6 Å². The van der Waals surface area contributed by atoms with Gasteiger partial charge in [0.25, 0.3) is 0 Å². The molecule has 0 aromatic heterocycles. The minimum absolute atomic E-state index is 0.414. The predicted octanol–water partition coefficient (Wildman–Crippen LogP) is 15.5. The van der Waals surface area contributed by atoms with Crippen LogP contribution >= 0.6 is 0 Å². The Labute approximate surface area is 323 Å². The van der Waals surface area contributed by atoms with Gasteiger partial charge in [-0.2, -0.15) is 0 Å². The number of para-hydroxylation sites is 1. The molecule has 0 unspecified atom stereocenters. The molecule has 0 radical (unpaired) electrons. The molecule has 1 heteroatoms. The lowest BCUT2D eigenvalue weighted by Gasteiger charge is -2.33. The van der Waals surface area contributed by atoms with E-state index in [1.165, 1.54) is 94.0 Å². The highest BCUT2D eigenvalue weighted by atomic mass is 15.1. The van der Waals surface area contributed by atoms with E-state index in [1.54, 1.807) is 0 Å². The Morgan fingerprint density at radius 3 is 1.51 bits per heavy atom. The zero-order valence-corrected chi connectivity index (χ0v) is 31.4. The maximum Gasteiger partial charge on any atom is 0.0540 e. The highest BCUT2D eigenvalue weighted by Gasteiger charge is 2.33. The minimum atomic E-state index is 0.414. The van der Waals surface area contributed by atoms with Gasteiger partial charge in [-0.1, -0.05) is 166 Å². The Morgan fingerprint density at radius 2 is 0.909 bits per heavy atom. The molecule has 0 saturated carbocycles. The molecule has 1 aliphatic rings. The first-order valence-electron chi connectivity index (χ1n) is 19.4. The maximum atomic E-state index is 2.48. The zero-order chi connectivity index (χ0) is 37.0. The summed E-state index contributed by atoms with van der Waals surface area (Å²) in [6.45, 7) is 6.79. The van der Waals surface area contributed by atoms with Crippen LogP contribution < -0.4 is 4.90 Å². The third-order valence-corrected chi connectivity index (χ3v) is 11.5. The fraction of sp³-hybridized carbons (Fsp3) is 0.0741. The molecule has 262 valence electrons. The van der Waals surface area contributed by atoms with Crippen molar-refractivity contribution in [3.05, 3.63) is 199 Å². The third kappa shape index (κ3) is 5.46. The second kappa shape index (κ2) is 13.3. The maximum absolute atomic E-state index is 2.48. The lowest BCUT2D eigenvalue weighted by Crippen LogP contribution is -2.13. The molecule has 0 N–H and O–H groups in total. The highest BCUT2D eigenvalue weighted by molar-refractivity contribution is 6.26. The molecule has 0 amide bonds. The topological polar surface area (TPSA) is 3.24 Å². The van der Waals surface area contributed by atoms with Crippen LogP contribution in [0, 0.1) is 6.92 Å². The van der Waals surface area contributed by atoms with Crippen molar-refractivity contribution in [2.45, 2.75) is 26.7 Å². The van der Waals surface area contributed by atoms with Crippen molar-refractivity contribution in [2.75, 3.05) is 4.90 Å². The van der Waals surface area contributed by atoms with E-state index in [2.05, 4.69) is 214 Å². The summed E-state index contributed by atoms with van der Waals surface area (Å²) in [5.74, 6) is 0.414. The Bertz CT molecular complexity index is 2890. The molecule has 55 heavy (non-hydrogen) atoms. The smallest absolute Gasteiger partial charge is 0.0540 e. The van der Waals surface area contributed by atoms with E-state index in [0.717, 1.165) is 11.4 Å². The van der Waals surface area contributed by atoms with Gasteiger partial charge in [0.1, 0.15) is 0 Å². The van der Waals surface area contributed by atoms with Crippen LogP contribution in [0.25, 0.3) is 77.2 Å². The third-order valence-electron chi connectivity index (χ3n) is 11.5. The molecule has 1 nitrogen and oxygen atoms in total. The number of hydrogen-bond donors (Lipinski definition) is 0. The predicted molar refractivity (Wildman–Crippen MR) is 236 cm³/mol. The molecule has 9 aromatic carbocycles.